The van der Waals surface area contributed by atoms with Crippen molar-refractivity contribution >= 4 is 27.6 Å². The number of carbonyl (C=O) groups excluding carboxylic acids is 2. The Labute approximate surface area is 87.4 Å². The first-order valence-corrected chi connectivity index (χ1v) is 4.78. The molecule has 0 aromatic heterocycles. The summed E-state index contributed by atoms with van der Waals surface area (Å²) in [5.41, 5.74) is 0. The van der Waals surface area contributed by atoms with Crippen LogP contribution in [0.2, 0.25) is 0 Å². The zero-order valence-electron chi connectivity index (χ0n) is 7.40. The van der Waals surface area contributed by atoms with Crippen LogP contribution < -0.4 is 0 Å². The number of halogens is 4. The Morgan fingerprint density at radius 2 is 1.86 bits per heavy atom. The van der Waals surface area contributed by atoms with E-state index >= 15 is 0 Å². The van der Waals surface area contributed by atoms with Gasteiger partial charge in [-0.15, -0.1) is 0 Å². The van der Waals surface area contributed by atoms with E-state index in [1.807, 2.05) is 0 Å². The quantitative estimate of drug-likeness (QED) is 0.727. The van der Waals surface area contributed by atoms with E-state index in [1.165, 1.54) is 0 Å². The van der Waals surface area contributed by atoms with Gasteiger partial charge in [-0.1, -0.05) is 15.9 Å². The van der Waals surface area contributed by atoms with Gasteiger partial charge in [0, 0.05) is 6.92 Å². The minimum Gasteiger partial charge on any atom is -0.326 e. The third-order valence-corrected chi connectivity index (χ3v) is 1.96. The summed E-state index contributed by atoms with van der Waals surface area (Å²) in [5, 5.41) is -0.0609. The van der Waals surface area contributed by atoms with Crippen molar-refractivity contribution in [1.82, 2.24) is 4.90 Å². The molecule has 0 aromatic rings. The van der Waals surface area contributed by atoms with Crippen molar-refractivity contribution in [2.75, 3.05) is 18.4 Å². The summed E-state index contributed by atoms with van der Waals surface area (Å²) < 4.78 is 35.7. The molecular formula is C7H9BrF3NO2. The number of carbonyl (C=O) groups is 2. The summed E-state index contributed by atoms with van der Waals surface area (Å²) in [6.07, 6.45) is -4.47. The zero-order chi connectivity index (χ0) is 11.4. The number of hydrogen-bond acceptors (Lipinski definition) is 2. The lowest BCUT2D eigenvalue weighted by Gasteiger charge is -2.21. The largest absolute Gasteiger partial charge is 0.406 e. The number of ketones is 1. The van der Waals surface area contributed by atoms with Crippen LogP contribution in [0.4, 0.5) is 13.2 Å². The summed E-state index contributed by atoms with van der Waals surface area (Å²) >= 11 is 2.80. The molecule has 0 aliphatic rings. The van der Waals surface area contributed by atoms with Crippen LogP contribution in [0.1, 0.15) is 6.92 Å². The van der Waals surface area contributed by atoms with Crippen molar-refractivity contribution in [2.45, 2.75) is 13.1 Å². The molecule has 0 bridgehead atoms. The molecule has 7 heteroatoms. The highest BCUT2D eigenvalue weighted by Crippen LogP contribution is 2.16. The lowest BCUT2D eigenvalue weighted by Crippen LogP contribution is -2.41. The molecule has 14 heavy (non-hydrogen) atoms. The van der Waals surface area contributed by atoms with E-state index in [-0.39, 0.29) is 5.33 Å². The maximum Gasteiger partial charge on any atom is 0.406 e. The first-order chi connectivity index (χ1) is 6.26. The molecule has 0 fully saturated rings. The standard InChI is InChI=1S/C7H9BrF3NO2/c1-5(13)12(3-6(14)2-8)4-7(9,10)11/h2-4H2,1H3. The van der Waals surface area contributed by atoms with E-state index in [0.29, 0.717) is 4.90 Å². The van der Waals surface area contributed by atoms with E-state index in [2.05, 4.69) is 15.9 Å². The first kappa shape index (κ1) is 13.4. The second kappa shape index (κ2) is 5.33. The third kappa shape index (κ3) is 5.95. The van der Waals surface area contributed by atoms with Crippen LogP contribution in [0.3, 0.4) is 0 Å². The SMILES string of the molecule is CC(=O)N(CC(=O)CBr)CC(F)(F)F. The molecule has 0 unspecified atom stereocenters. The Morgan fingerprint density at radius 1 is 1.36 bits per heavy atom. The average Bonchev–Trinajstić information content (AvgIpc) is 2.00. The van der Waals surface area contributed by atoms with Crippen LogP contribution in [0.25, 0.3) is 0 Å². The molecule has 0 rings (SSSR count). The molecule has 0 aliphatic heterocycles. The van der Waals surface area contributed by atoms with Crippen molar-refractivity contribution in [1.29, 1.82) is 0 Å². The van der Waals surface area contributed by atoms with Gasteiger partial charge in [0.15, 0.2) is 5.78 Å². The van der Waals surface area contributed by atoms with E-state index in [9.17, 15) is 22.8 Å². The topological polar surface area (TPSA) is 37.4 Å². The van der Waals surface area contributed by atoms with Crippen molar-refractivity contribution < 1.29 is 22.8 Å². The number of alkyl halides is 4. The van der Waals surface area contributed by atoms with Crippen molar-refractivity contribution in [2.24, 2.45) is 0 Å². The molecule has 0 aromatic carbocycles. The maximum atomic E-state index is 11.9. The molecule has 0 aliphatic carbocycles. The highest BCUT2D eigenvalue weighted by Gasteiger charge is 2.32. The molecule has 0 radical (unpaired) electrons. The van der Waals surface area contributed by atoms with Gasteiger partial charge in [-0.05, 0) is 0 Å². The first-order valence-electron chi connectivity index (χ1n) is 3.66. The summed E-state index contributed by atoms with van der Waals surface area (Å²) in [7, 11) is 0. The minimum atomic E-state index is -4.47. The summed E-state index contributed by atoms with van der Waals surface area (Å²) in [6, 6.07) is 0. The summed E-state index contributed by atoms with van der Waals surface area (Å²) in [5.74, 6) is -1.24. The van der Waals surface area contributed by atoms with Crippen LogP contribution >= 0.6 is 15.9 Å². The van der Waals surface area contributed by atoms with Crippen LogP contribution in [-0.4, -0.2) is 41.2 Å². The zero-order valence-corrected chi connectivity index (χ0v) is 8.98. The Bertz CT molecular complexity index is 229. The predicted molar refractivity (Wildman–Crippen MR) is 47.1 cm³/mol. The normalized spacial score (nSPS) is 11.2. The molecular weight excluding hydrogens is 267 g/mol. The van der Waals surface area contributed by atoms with E-state index in [1.54, 1.807) is 0 Å². The van der Waals surface area contributed by atoms with Crippen LogP contribution in [0.5, 0.6) is 0 Å². The van der Waals surface area contributed by atoms with E-state index in [4.69, 9.17) is 0 Å². The Hall–Kier alpha value is -0.590. The summed E-state index contributed by atoms with van der Waals surface area (Å²) in [4.78, 5) is 22.0. The maximum absolute atomic E-state index is 11.9. The monoisotopic (exact) mass is 275 g/mol. The van der Waals surface area contributed by atoms with Gasteiger partial charge in [-0.3, -0.25) is 9.59 Å². The highest BCUT2D eigenvalue weighted by atomic mass is 79.9. The minimum absolute atomic E-state index is 0.0609. The second-order valence-corrected chi connectivity index (χ2v) is 3.22. The smallest absolute Gasteiger partial charge is 0.326 e. The van der Waals surface area contributed by atoms with Crippen LogP contribution in [0.15, 0.2) is 0 Å². The Kier molecular flexibility index (Phi) is 5.11. The highest BCUT2D eigenvalue weighted by molar-refractivity contribution is 9.09. The van der Waals surface area contributed by atoms with E-state index < -0.39 is 31.0 Å². The number of rotatable bonds is 4. The average molecular weight is 276 g/mol. The van der Waals surface area contributed by atoms with Gasteiger partial charge in [-0.2, -0.15) is 13.2 Å². The predicted octanol–water partition coefficient (Wildman–Crippen LogP) is 1.36. The fourth-order valence-electron chi connectivity index (χ4n) is 0.750. The van der Waals surface area contributed by atoms with Gasteiger partial charge in [-0.25, -0.2) is 0 Å². The van der Waals surface area contributed by atoms with Gasteiger partial charge in [0.1, 0.15) is 6.54 Å². The molecule has 0 saturated heterocycles. The van der Waals surface area contributed by atoms with Crippen molar-refractivity contribution in [3.63, 3.8) is 0 Å². The fraction of sp³-hybridized carbons (Fsp3) is 0.714. The van der Waals surface area contributed by atoms with Gasteiger partial charge in [0.05, 0.1) is 11.9 Å². The number of nitrogens with zero attached hydrogens (tertiary/aromatic N) is 1. The van der Waals surface area contributed by atoms with Gasteiger partial charge >= 0.3 is 6.18 Å². The van der Waals surface area contributed by atoms with Crippen LogP contribution in [0, 0.1) is 0 Å². The number of amides is 1. The van der Waals surface area contributed by atoms with E-state index in [0.717, 1.165) is 6.92 Å². The third-order valence-electron chi connectivity index (χ3n) is 1.33. The van der Waals surface area contributed by atoms with Crippen molar-refractivity contribution in [3.8, 4) is 0 Å². The molecule has 3 nitrogen and oxygen atoms in total. The van der Waals surface area contributed by atoms with Crippen LogP contribution in [-0.2, 0) is 9.59 Å². The molecule has 0 spiro atoms. The molecule has 0 atom stereocenters. The molecule has 0 heterocycles. The molecule has 0 N–H and O–H groups in total. The molecule has 0 saturated carbocycles. The number of Topliss-reactive ketones (excluding diaryl/α,β-unsaturated/α-hetero) is 1. The Balaban J connectivity index is 4.31. The summed E-state index contributed by atoms with van der Waals surface area (Å²) in [6.45, 7) is -0.908. The van der Waals surface area contributed by atoms with Gasteiger partial charge < -0.3 is 4.90 Å². The molecule has 1 amide bonds. The van der Waals surface area contributed by atoms with Gasteiger partial charge in [0.25, 0.3) is 0 Å². The number of hydrogen-bond donors (Lipinski definition) is 0. The molecule has 82 valence electrons. The lowest BCUT2D eigenvalue weighted by molar-refractivity contribution is -0.161. The second-order valence-electron chi connectivity index (χ2n) is 2.66. The Morgan fingerprint density at radius 3 is 2.14 bits per heavy atom. The van der Waals surface area contributed by atoms with Crippen molar-refractivity contribution in [3.05, 3.63) is 0 Å². The fourth-order valence-corrected chi connectivity index (χ4v) is 0.927. The lowest BCUT2D eigenvalue weighted by atomic mass is 10.3. The van der Waals surface area contributed by atoms with Gasteiger partial charge in [0.2, 0.25) is 5.91 Å².